The van der Waals surface area contributed by atoms with E-state index < -0.39 is 0 Å². The molecule has 0 fully saturated rings. The van der Waals surface area contributed by atoms with Crippen molar-refractivity contribution in [1.29, 1.82) is 0 Å². The molecule has 1 aliphatic rings. The summed E-state index contributed by atoms with van der Waals surface area (Å²) in [5.74, 6) is 0. The van der Waals surface area contributed by atoms with E-state index in [1.54, 1.807) is 0 Å². The van der Waals surface area contributed by atoms with Crippen molar-refractivity contribution in [2.24, 2.45) is 0 Å². The summed E-state index contributed by atoms with van der Waals surface area (Å²) in [6.07, 6.45) is 15.5. The van der Waals surface area contributed by atoms with E-state index in [1.807, 2.05) is 19.3 Å². The number of rotatable bonds is 0. The topological polar surface area (TPSA) is 0 Å². The molecule has 0 nitrogen and oxygen atoms in total. The van der Waals surface area contributed by atoms with Gasteiger partial charge in [-0.1, -0.05) is 24.3 Å². The zero-order valence-corrected chi connectivity index (χ0v) is 4.75. The number of hydrogen-bond acceptors (Lipinski definition) is 0. The SMILES string of the molecule is [CH]1[CH]/C=C\C/C=C\[CH]1. The fourth-order valence-electron chi connectivity index (χ4n) is 0.585. The van der Waals surface area contributed by atoms with E-state index in [2.05, 4.69) is 24.3 Å². The van der Waals surface area contributed by atoms with E-state index in [0.29, 0.717) is 0 Å². The molecule has 0 heterocycles. The first kappa shape index (κ1) is 5.61. The van der Waals surface area contributed by atoms with Gasteiger partial charge < -0.3 is 0 Å². The molecule has 0 heteroatoms. The van der Waals surface area contributed by atoms with E-state index in [-0.39, 0.29) is 0 Å². The maximum absolute atomic E-state index is 2.12. The van der Waals surface area contributed by atoms with Crippen LogP contribution in [-0.2, 0) is 0 Å². The summed E-state index contributed by atoms with van der Waals surface area (Å²) in [4.78, 5) is 0. The molecule has 0 N–H and O–H groups in total. The van der Waals surface area contributed by atoms with Gasteiger partial charge in [0.25, 0.3) is 0 Å². The number of allylic oxidation sites excluding steroid dienone is 4. The van der Waals surface area contributed by atoms with Crippen LogP contribution in [0.2, 0.25) is 0 Å². The second-order valence-corrected chi connectivity index (χ2v) is 1.67. The van der Waals surface area contributed by atoms with Crippen LogP contribution >= 0.6 is 0 Å². The van der Waals surface area contributed by atoms with Crippen LogP contribution in [0.25, 0.3) is 0 Å². The Bertz CT molecular complexity index is 86.6. The molecule has 0 spiro atoms. The van der Waals surface area contributed by atoms with Gasteiger partial charge in [-0.25, -0.2) is 0 Å². The zero-order valence-electron chi connectivity index (χ0n) is 4.75. The van der Waals surface area contributed by atoms with Crippen LogP contribution in [0.3, 0.4) is 0 Å². The lowest BCUT2D eigenvalue weighted by Crippen LogP contribution is -1.76. The lowest BCUT2D eigenvalue weighted by molar-refractivity contribution is 1.33. The lowest BCUT2D eigenvalue weighted by Gasteiger charge is -1.91. The van der Waals surface area contributed by atoms with Crippen LogP contribution in [-0.4, -0.2) is 0 Å². The Morgan fingerprint density at radius 2 is 1.38 bits per heavy atom. The largest absolute Gasteiger partial charge is 0.0844 e. The van der Waals surface area contributed by atoms with E-state index in [1.165, 1.54) is 0 Å². The molecular weight excluding hydrogens is 96.1 g/mol. The molecule has 1 aliphatic carbocycles. The standard InChI is InChI=1S/C8H9/c1-2-4-6-8-7-5-3-1/h1-7H,8H2/b6-4-,7-5-. The molecule has 0 aromatic carbocycles. The van der Waals surface area contributed by atoms with Gasteiger partial charge in [-0.3, -0.25) is 0 Å². The Kier molecular flexibility index (Phi) is 2.44. The van der Waals surface area contributed by atoms with Crippen LogP contribution in [0.15, 0.2) is 24.3 Å². The monoisotopic (exact) mass is 105 g/mol. The third-order valence-corrected chi connectivity index (χ3v) is 0.989. The molecule has 0 unspecified atom stereocenters. The minimum absolute atomic E-state index is 1.06. The molecule has 0 amide bonds. The molecule has 0 aliphatic heterocycles. The van der Waals surface area contributed by atoms with Crippen molar-refractivity contribution in [2.45, 2.75) is 6.42 Å². The van der Waals surface area contributed by atoms with E-state index >= 15 is 0 Å². The minimum Gasteiger partial charge on any atom is -0.0844 e. The first-order valence-corrected chi connectivity index (χ1v) is 2.82. The molecule has 0 saturated heterocycles. The highest BCUT2D eigenvalue weighted by Gasteiger charge is 1.83. The summed E-state index contributed by atoms with van der Waals surface area (Å²) in [5, 5.41) is 0. The molecule has 41 valence electrons. The molecule has 0 saturated carbocycles. The van der Waals surface area contributed by atoms with Gasteiger partial charge in [0.15, 0.2) is 0 Å². The van der Waals surface area contributed by atoms with Crippen LogP contribution in [0.1, 0.15) is 6.42 Å². The lowest BCUT2D eigenvalue weighted by atomic mass is 10.1. The molecule has 0 bridgehead atoms. The molecule has 1 rings (SSSR count). The molecular formula is C8H9. The van der Waals surface area contributed by atoms with Crippen molar-refractivity contribution in [3.05, 3.63) is 43.6 Å². The van der Waals surface area contributed by atoms with Crippen LogP contribution < -0.4 is 0 Å². The molecule has 0 aromatic rings. The second kappa shape index (κ2) is 3.48. The number of hydrogen-bond donors (Lipinski definition) is 0. The summed E-state index contributed by atoms with van der Waals surface area (Å²) in [6.45, 7) is 0. The Morgan fingerprint density at radius 1 is 0.750 bits per heavy atom. The van der Waals surface area contributed by atoms with E-state index in [9.17, 15) is 0 Å². The molecule has 0 atom stereocenters. The Hall–Kier alpha value is -0.520. The Morgan fingerprint density at radius 3 is 2.00 bits per heavy atom. The third-order valence-electron chi connectivity index (χ3n) is 0.989. The van der Waals surface area contributed by atoms with Gasteiger partial charge in [0.05, 0.1) is 0 Å². The summed E-state index contributed by atoms with van der Waals surface area (Å²) in [6, 6.07) is 0. The second-order valence-electron chi connectivity index (χ2n) is 1.67. The van der Waals surface area contributed by atoms with Gasteiger partial charge >= 0.3 is 0 Å². The third kappa shape index (κ3) is 1.97. The van der Waals surface area contributed by atoms with Gasteiger partial charge in [0.1, 0.15) is 0 Å². The Labute approximate surface area is 50.9 Å². The highest BCUT2D eigenvalue weighted by molar-refractivity contribution is 5.18. The highest BCUT2D eigenvalue weighted by Crippen LogP contribution is 1.99. The quantitative estimate of drug-likeness (QED) is 0.442. The fraction of sp³-hybridized carbons (Fsp3) is 0.125. The van der Waals surface area contributed by atoms with Crippen LogP contribution in [0.4, 0.5) is 0 Å². The molecule has 8 heavy (non-hydrogen) atoms. The van der Waals surface area contributed by atoms with Gasteiger partial charge in [-0.15, -0.1) is 0 Å². The molecule has 0 aromatic heterocycles. The zero-order chi connectivity index (χ0) is 5.66. The van der Waals surface area contributed by atoms with Gasteiger partial charge in [0, 0.05) is 0 Å². The Balaban J connectivity index is 2.31. The van der Waals surface area contributed by atoms with Gasteiger partial charge in [-0.05, 0) is 25.7 Å². The van der Waals surface area contributed by atoms with E-state index in [0.717, 1.165) is 6.42 Å². The fourth-order valence-corrected chi connectivity index (χ4v) is 0.585. The first-order valence-electron chi connectivity index (χ1n) is 2.82. The molecule has 3 radical (unpaired) electrons. The van der Waals surface area contributed by atoms with E-state index in [4.69, 9.17) is 0 Å². The summed E-state index contributed by atoms with van der Waals surface area (Å²) in [7, 11) is 0. The summed E-state index contributed by atoms with van der Waals surface area (Å²) in [5.41, 5.74) is 0. The van der Waals surface area contributed by atoms with Crippen molar-refractivity contribution in [3.8, 4) is 0 Å². The van der Waals surface area contributed by atoms with Crippen molar-refractivity contribution >= 4 is 0 Å². The maximum atomic E-state index is 2.12. The normalized spacial score (nSPS) is 28.0. The highest BCUT2D eigenvalue weighted by atomic mass is 13.9. The van der Waals surface area contributed by atoms with Crippen LogP contribution in [0, 0.1) is 19.3 Å². The average molecular weight is 105 g/mol. The predicted octanol–water partition coefficient (Wildman–Crippen LogP) is 2.12. The average Bonchev–Trinajstić information content (AvgIpc) is 1.62. The van der Waals surface area contributed by atoms with Crippen molar-refractivity contribution in [2.75, 3.05) is 0 Å². The van der Waals surface area contributed by atoms with Gasteiger partial charge in [0.2, 0.25) is 0 Å². The van der Waals surface area contributed by atoms with Crippen molar-refractivity contribution in [1.82, 2.24) is 0 Å². The van der Waals surface area contributed by atoms with Gasteiger partial charge in [-0.2, -0.15) is 0 Å². The summed E-state index contributed by atoms with van der Waals surface area (Å²) < 4.78 is 0. The van der Waals surface area contributed by atoms with Crippen LogP contribution in [0.5, 0.6) is 0 Å². The summed E-state index contributed by atoms with van der Waals surface area (Å²) >= 11 is 0. The predicted molar refractivity (Wildman–Crippen MR) is 35.8 cm³/mol. The smallest absolute Gasteiger partial charge is 0.0130 e. The van der Waals surface area contributed by atoms with Crippen molar-refractivity contribution < 1.29 is 0 Å². The first-order chi connectivity index (χ1) is 4.00. The van der Waals surface area contributed by atoms with Crippen molar-refractivity contribution in [3.63, 3.8) is 0 Å². The maximum Gasteiger partial charge on any atom is -0.0130 e. The minimum atomic E-state index is 1.06.